The first kappa shape index (κ1) is 19.1. The Balaban J connectivity index is 1.78. The van der Waals surface area contributed by atoms with Crippen LogP contribution >= 0.6 is 0 Å². The standard InChI is InChI=1S/C22H21N3O3/c23-22(26)18-11-12-20(21(15-18)25(27)28)24-14-13-19(16-7-3-1-4-8-16)17-9-5-2-6-10-17/h1-12,15,19,24H,13-14H2,(H2,23,26). The van der Waals surface area contributed by atoms with Gasteiger partial charge in [-0.3, -0.25) is 14.9 Å². The van der Waals surface area contributed by atoms with Crippen molar-refractivity contribution in [2.75, 3.05) is 11.9 Å². The lowest BCUT2D eigenvalue weighted by atomic mass is 9.88. The number of hydrogen-bond acceptors (Lipinski definition) is 4. The van der Waals surface area contributed by atoms with Gasteiger partial charge in [0.25, 0.3) is 5.69 Å². The van der Waals surface area contributed by atoms with Crippen LogP contribution < -0.4 is 11.1 Å². The van der Waals surface area contributed by atoms with Crippen LogP contribution in [0.4, 0.5) is 11.4 Å². The topological polar surface area (TPSA) is 98.3 Å². The maximum atomic E-state index is 11.4. The highest BCUT2D eigenvalue weighted by atomic mass is 16.6. The van der Waals surface area contributed by atoms with Crippen LogP contribution in [0.15, 0.2) is 78.9 Å². The van der Waals surface area contributed by atoms with E-state index in [0.717, 1.165) is 6.42 Å². The number of rotatable bonds is 8. The molecule has 3 rings (SSSR count). The third kappa shape index (κ3) is 4.54. The molecule has 0 fully saturated rings. The summed E-state index contributed by atoms with van der Waals surface area (Å²) >= 11 is 0. The van der Waals surface area contributed by atoms with Gasteiger partial charge in [0, 0.05) is 24.1 Å². The van der Waals surface area contributed by atoms with E-state index in [1.807, 2.05) is 36.4 Å². The third-order valence-corrected chi connectivity index (χ3v) is 4.63. The number of primary amides is 1. The largest absolute Gasteiger partial charge is 0.379 e. The average Bonchev–Trinajstić information content (AvgIpc) is 2.72. The molecule has 0 spiro atoms. The van der Waals surface area contributed by atoms with Crippen molar-refractivity contribution in [1.82, 2.24) is 0 Å². The summed E-state index contributed by atoms with van der Waals surface area (Å²) in [5.74, 6) is -0.526. The van der Waals surface area contributed by atoms with E-state index < -0.39 is 10.8 Å². The van der Waals surface area contributed by atoms with Crippen LogP contribution in [0.1, 0.15) is 33.8 Å². The number of hydrogen-bond donors (Lipinski definition) is 2. The van der Waals surface area contributed by atoms with Crippen LogP contribution in [0.25, 0.3) is 0 Å². The Morgan fingerprint density at radius 1 is 0.964 bits per heavy atom. The van der Waals surface area contributed by atoms with Gasteiger partial charge < -0.3 is 11.1 Å². The number of nitrogens with two attached hydrogens (primary N) is 1. The van der Waals surface area contributed by atoms with E-state index in [-0.39, 0.29) is 17.2 Å². The molecule has 142 valence electrons. The lowest BCUT2D eigenvalue weighted by Crippen LogP contribution is -2.13. The Labute approximate surface area is 163 Å². The molecule has 0 saturated carbocycles. The fourth-order valence-electron chi connectivity index (χ4n) is 3.23. The van der Waals surface area contributed by atoms with Gasteiger partial charge in [-0.15, -0.1) is 0 Å². The average molecular weight is 375 g/mol. The first-order valence-corrected chi connectivity index (χ1v) is 8.98. The number of carbonyl (C=O) groups excluding carboxylic acids is 1. The summed E-state index contributed by atoms with van der Waals surface area (Å²) in [6.45, 7) is 0.533. The number of anilines is 1. The zero-order valence-corrected chi connectivity index (χ0v) is 15.2. The second-order valence-electron chi connectivity index (χ2n) is 6.44. The number of nitro groups is 1. The van der Waals surface area contributed by atoms with Gasteiger partial charge in [-0.25, -0.2) is 0 Å². The normalized spacial score (nSPS) is 10.6. The van der Waals surface area contributed by atoms with Crippen LogP contribution in [0, 0.1) is 10.1 Å². The Bertz CT molecular complexity index is 920. The number of nitro benzene ring substituents is 1. The second-order valence-corrected chi connectivity index (χ2v) is 6.44. The van der Waals surface area contributed by atoms with Crippen LogP contribution in [0.2, 0.25) is 0 Å². The highest BCUT2D eigenvalue weighted by molar-refractivity contribution is 5.94. The SMILES string of the molecule is NC(=O)c1ccc(NCCC(c2ccccc2)c2ccccc2)c([N+](=O)[O-])c1. The molecule has 0 atom stereocenters. The summed E-state index contributed by atoms with van der Waals surface area (Å²) < 4.78 is 0. The molecule has 6 heteroatoms. The molecule has 0 radical (unpaired) electrons. The van der Waals surface area contributed by atoms with Crippen LogP contribution in [0.3, 0.4) is 0 Å². The van der Waals surface area contributed by atoms with Gasteiger partial charge in [-0.05, 0) is 29.7 Å². The van der Waals surface area contributed by atoms with Gasteiger partial charge in [-0.1, -0.05) is 60.7 Å². The predicted molar refractivity (Wildman–Crippen MR) is 109 cm³/mol. The molecule has 0 aliphatic heterocycles. The first-order valence-electron chi connectivity index (χ1n) is 8.98. The molecular formula is C22H21N3O3. The minimum Gasteiger partial charge on any atom is -0.379 e. The van der Waals surface area contributed by atoms with Gasteiger partial charge in [0.05, 0.1) is 4.92 Å². The summed E-state index contributed by atoms with van der Waals surface area (Å²) in [5.41, 5.74) is 7.92. The van der Waals surface area contributed by atoms with Gasteiger partial charge in [0.15, 0.2) is 0 Å². The number of nitrogens with one attached hydrogen (secondary N) is 1. The summed E-state index contributed by atoms with van der Waals surface area (Å²) in [5, 5.41) is 14.5. The minimum atomic E-state index is -0.692. The first-order chi connectivity index (χ1) is 13.6. The zero-order chi connectivity index (χ0) is 19.9. The summed E-state index contributed by atoms with van der Waals surface area (Å²) in [4.78, 5) is 22.1. The molecule has 0 bridgehead atoms. The molecule has 28 heavy (non-hydrogen) atoms. The fourth-order valence-corrected chi connectivity index (χ4v) is 3.23. The van der Waals surface area contributed by atoms with Crippen LogP contribution in [0.5, 0.6) is 0 Å². The van der Waals surface area contributed by atoms with E-state index in [9.17, 15) is 14.9 Å². The van der Waals surface area contributed by atoms with Crippen molar-refractivity contribution in [3.05, 3.63) is 106 Å². The predicted octanol–water partition coefficient (Wildman–Crippen LogP) is 4.33. The molecule has 0 heterocycles. The van der Waals surface area contributed by atoms with Crippen molar-refractivity contribution in [3.63, 3.8) is 0 Å². The Hall–Kier alpha value is -3.67. The van der Waals surface area contributed by atoms with Gasteiger partial charge in [-0.2, -0.15) is 0 Å². The summed E-state index contributed by atoms with van der Waals surface area (Å²) in [6.07, 6.45) is 0.753. The number of benzene rings is 3. The maximum absolute atomic E-state index is 11.4. The van der Waals surface area contributed by atoms with Crippen molar-refractivity contribution in [2.24, 2.45) is 5.73 Å². The van der Waals surface area contributed by atoms with Crippen molar-refractivity contribution >= 4 is 17.3 Å². The fraction of sp³-hybridized carbons (Fsp3) is 0.136. The lowest BCUT2D eigenvalue weighted by Gasteiger charge is -2.19. The van der Waals surface area contributed by atoms with E-state index in [1.54, 1.807) is 0 Å². The van der Waals surface area contributed by atoms with E-state index in [0.29, 0.717) is 12.2 Å². The van der Waals surface area contributed by atoms with Crippen molar-refractivity contribution in [3.8, 4) is 0 Å². The lowest BCUT2D eigenvalue weighted by molar-refractivity contribution is -0.384. The molecule has 0 aromatic heterocycles. The number of nitrogens with zero attached hydrogens (tertiary/aromatic N) is 1. The van der Waals surface area contributed by atoms with Crippen molar-refractivity contribution in [2.45, 2.75) is 12.3 Å². The van der Waals surface area contributed by atoms with E-state index in [1.165, 1.54) is 29.3 Å². The maximum Gasteiger partial charge on any atom is 0.293 e. The highest BCUT2D eigenvalue weighted by Gasteiger charge is 2.18. The Kier molecular flexibility index (Phi) is 6.01. The molecule has 1 amide bonds. The molecular weight excluding hydrogens is 354 g/mol. The molecule has 0 unspecified atom stereocenters. The molecule has 3 N–H and O–H groups in total. The summed E-state index contributed by atoms with van der Waals surface area (Å²) in [6, 6.07) is 24.5. The molecule has 0 saturated heterocycles. The van der Waals surface area contributed by atoms with Gasteiger partial charge in [0.1, 0.15) is 5.69 Å². The van der Waals surface area contributed by atoms with Crippen molar-refractivity contribution < 1.29 is 9.72 Å². The molecule has 0 aliphatic carbocycles. The summed E-state index contributed by atoms with van der Waals surface area (Å²) in [7, 11) is 0. The molecule has 3 aromatic rings. The number of amides is 1. The van der Waals surface area contributed by atoms with E-state index in [2.05, 4.69) is 29.6 Å². The molecule has 6 nitrogen and oxygen atoms in total. The zero-order valence-electron chi connectivity index (χ0n) is 15.2. The van der Waals surface area contributed by atoms with E-state index in [4.69, 9.17) is 5.73 Å². The van der Waals surface area contributed by atoms with Crippen molar-refractivity contribution in [1.29, 1.82) is 0 Å². The second kappa shape index (κ2) is 8.81. The number of carbonyl (C=O) groups is 1. The minimum absolute atomic E-state index is 0.115. The highest BCUT2D eigenvalue weighted by Crippen LogP contribution is 2.29. The third-order valence-electron chi connectivity index (χ3n) is 4.63. The Morgan fingerprint density at radius 2 is 1.54 bits per heavy atom. The van der Waals surface area contributed by atoms with E-state index >= 15 is 0 Å². The van der Waals surface area contributed by atoms with Gasteiger partial charge in [0.2, 0.25) is 5.91 Å². The van der Waals surface area contributed by atoms with Gasteiger partial charge >= 0.3 is 0 Å². The molecule has 0 aliphatic rings. The van der Waals surface area contributed by atoms with Crippen LogP contribution in [-0.4, -0.2) is 17.4 Å². The van der Waals surface area contributed by atoms with Crippen LogP contribution in [-0.2, 0) is 0 Å². The molecule has 3 aromatic carbocycles. The smallest absolute Gasteiger partial charge is 0.293 e. The Morgan fingerprint density at radius 3 is 2.04 bits per heavy atom. The quantitative estimate of drug-likeness (QED) is 0.452. The monoisotopic (exact) mass is 375 g/mol.